The molecule has 35 heavy (non-hydrogen) atoms. The summed E-state index contributed by atoms with van der Waals surface area (Å²) in [4.78, 5) is 33.6. The number of rotatable bonds is 8. The Hall–Kier alpha value is -3.15. The molecule has 6 nitrogen and oxygen atoms in total. The Kier molecular flexibility index (Phi) is 5.83. The Bertz CT molecular complexity index is 1160. The zero-order chi connectivity index (χ0) is 23.8. The maximum atomic E-state index is 13.2. The summed E-state index contributed by atoms with van der Waals surface area (Å²) in [6.45, 7) is 1.12. The summed E-state index contributed by atoms with van der Waals surface area (Å²) in [5.74, 6) is 3.43. The number of amides is 2. The van der Waals surface area contributed by atoms with E-state index >= 15 is 0 Å². The molecule has 4 aliphatic rings. The number of para-hydroxylation sites is 2. The standard InChI is InChI=1S/C29H34N4O2/c34-27(30-11-3-6-26-32-24-4-1-2-5-25(24)33-26)23-9-7-19(8-10-23)18-31-28(35)29-15-20-12-21(16-29)14-22(13-20)17-29/h1-2,4-5,7-10,20-22H,3,6,11-18H2,(H,30,34)(H,31,35)(H,32,33). The van der Waals surface area contributed by atoms with E-state index in [2.05, 4.69) is 20.6 Å². The molecule has 7 rings (SSSR count). The molecule has 0 unspecified atom stereocenters. The molecule has 182 valence electrons. The molecule has 1 heterocycles. The molecule has 4 saturated carbocycles. The molecule has 0 saturated heterocycles. The molecule has 0 aliphatic heterocycles. The summed E-state index contributed by atoms with van der Waals surface area (Å²) in [5.41, 5.74) is 3.58. The lowest BCUT2D eigenvalue weighted by molar-refractivity contribution is -0.146. The maximum Gasteiger partial charge on any atom is 0.251 e. The van der Waals surface area contributed by atoms with Crippen LogP contribution in [-0.2, 0) is 17.8 Å². The molecule has 3 aromatic rings. The highest BCUT2D eigenvalue weighted by Crippen LogP contribution is 2.60. The van der Waals surface area contributed by atoms with E-state index in [-0.39, 0.29) is 17.2 Å². The van der Waals surface area contributed by atoms with Crippen LogP contribution in [-0.4, -0.2) is 28.3 Å². The highest BCUT2D eigenvalue weighted by atomic mass is 16.2. The third kappa shape index (κ3) is 4.58. The molecule has 3 N–H and O–H groups in total. The van der Waals surface area contributed by atoms with E-state index < -0.39 is 0 Å². The van der Waals surface area contributed by atoms with Gasteiger partial charge in [-0.25, -0.2) is 4.98 Å². The third-order valence-electron chi connectivity index (χ3n) is 8.50. The van der Waals surface area contributed by atoms with Gasteiger partial charge in [0, 0.05) is 30.5 Å². The highest BCUT2D eigenvalue weighted by Gasteiger charge is 2.54. The largest absolute Gasteiger partial charge is 0.352 e. The smallest absolute Gasteiger partial charge is 0.251 e. The van der Waals surface area contributed by atoms with E-state index in [9.17, 15) is 9.59 Å². The average Bonchev–Trinajstić information content (AvgIpc) is 3.27. The van der Waals surface area contributed by atoms with Crippen LogP contribution in [0.4, 0.5) is 0 Å². The van der Waals surface area contributed by atoms with E-state index in [1.807, 2.05) is 48.5 Å². The Labute approximate surface area is 206 Å². The maximum absolute atomic E-state index is 13.2. The van der Waals surface area contributed by atoms with Gasteiger partial charge in [-0.15, -0.1) is 0 Å². The second kappa shape index (κ2) is 9.14. The van der Waals surface area contributed by atoms with Crippen LogP contribution >= 0.6 is 0 Å². The lowest BCUT2D eigenvalue weighted by atomic mass is 9.49. The Morgan fingerprint density at radius 3 is 2.29 bits per heavy atom. The van der Waals surface area contributed by atoms with Gasteiger partial charge in [0.25, 0.3) is 5.91 Å². The first-order valence-corrected chi connectivity index (χ1v) is 13.2. The number of carbonyl (C=O) groups excluding carboxylic acids is 2. The normalized spacial score (nSPS) is 26.7. The molecular formula is C29H34N4O2. The number of fused-ring (bicyclic) bond motifs is 1. The van der Waals surface area contributed by atoms with Crippen molar-refractivity contribution in [3.05, 3.63) is 65.5 Å². The van der Waals surface area contributed by atoms with E-state index in [1.54, 1.807) is 0 Å². The minimum atomic E-state index is -0.114. The number of nitrogens with zero attached hydrogens (tertiary/aromatic N) is 1. The van der Waals surface area contributed by atoms with E-state index in [1.165, 1.54) is 19.3 Å². The molecule has 0 spiro atoms. The highest BCUT2D eigenvalue weighted by molar-refractivity contribution is 5.94. The van der Waals surface area contributed by atoms with Gasteiger partial charge in [0.05, 0.1) is 11.0 Å². The van der Waals surface area contributed by atoms with E-state index in [4.69, 9.17) is 0 Å². The molecule has 1 aromatic heterocycles. The minimum absolute atomic E-state index is 0.0706. The minimum Gasteiger partial charge on any atom is -0.352 e. The van der Waals surface area contributed by atoms with Crippen molar-refractivity contribution < 1.29 is 9.59 Å². The zero-order valence-electron chi connectivity index (χ0n) is 20.2. The quantitative estimate of drug-likeness (QED) is 0.415. The van der Waals surface area contributed by atoms with Crippen LogP contribution in [0.3, 0.4) is 0 Å². The van der Waals surface area contributed by atoms with E-state index in [0.29, 0.717) is 18.7 Å². The number of H-pyrrole nitrogens is 1. The number of imidazole rings is 1. The molecule has 4 aliphatic carbocycles. The van der Waals surface area contributed by atoms with Gasteiger partial charge in [-0.3, -0.25) is 9.59 Å². The van der Waals surface area contributed by atoms with Crippen LogP contribution < -0.4 is 10.6 Å². The number of aromatic amines is 1. The summed E-state index contributed by atoms with van der Waals surface area (Å²) in [7, 11) is 0. The van der Waals surface area contributed by atoms with Crippen molar-refractivity contribution in [3.63, 3.8) is 0 Å². The third-order valence-corrected chi connectivity index (χ3v) is 8.50. The lowest BCUT2D eigenvalue weighted by Gasteiger charge is -2.55. The number of aromatic nitrogens is 2. The topological polar surface area (TPSA) is 86.9 Å². The van der Waals surface area contributed by atoms with Crippen molar-refractivity contribution >= 4 is 22.8 Å². The van der Waals surface area contributed by atoms with Crippen molar-refractivity contribution in [3.8, 4) is 0 Å². The fourth-order valence-corrected chi connectivity index (χ4v) is 7.22. The summed E-state index contributed by atoms with van der Waals surface area (Å²) in [5, 5.41) is 6.22. The summed E-state index contributed by atoms with van der Waals surface area (Å²) >= 11 is 0. The van der Waals surface area contributed by atoms with Crippen LogP contribution in [0.15, 0.2) is 48.5 Å². The number of carbonyl (C=O) groups is 2. The molecule has 0 atom stereocenters. The SMILES string of the molecule is O=C(NCCCc1nc2ccccc2[nH]1)c1ccc(CNC(=O)C23CC4CC(CC(C4)C2)C3)cc1. The molecular weight excluding hydrogens is 436 g/mol. The number of nitrogens with one attached hydrogen (secondary N) is 3. The Balaban J connectivity index is 0.961. The predicted molar refractivity (Wildman–Crippen MR) is 136 cm³/mol. The fourth-order valence-electron chi connectivity index (χ4n) is 7.22. The monoisotopic (exact) mass is 470 g/mol. The Morgan fingerprint density at radius 2 is 1.60 bits per heavy atom. The van der Waals surface area contributed by atoms with Gasteiger partial charge in [0.2, 0.25) is 5.91 Å². The van der Waals surface area contributed by atoms with Gasteiger partial charge in [0.15, 0.2) is 0 Å². The fraction of sp³-hybridized carbons (Fsp3) is 0.483. The van der Waals surface area contributed by atoms with E-state index in [0.717, 1.165) is 72.3 Å². The molecule has 2 aromatic carbocycles. The average molecular weight is 471 g/mol. The molecule has 4 bridgehead atoms. The first kappa shape index (κ1) is 22.3. The zero-order valence-corrected chi connectivity index (χ0v) is 20.2. The van der Waals surface area contributed by atoms with Crippen LogP contribution in [0, 0.1) is 23.2 Å². The Morgan fingerprint density at radius 1 is 0.914 bits per heavy atom. The van der Waals surface area contributed by atoms with Crippen LogP contribution in [0.1, 0.15) is 66.7 Å². The summed E-state index contributed by atoms with van der Waals surface area (Å²) in [6, 6.07) is 15.6. The van der Waals surface area contributed by atoms with Crippen molar-refractivity contribution in [1.29, 1.82) is 0 Å². The van der Waals surface area contributed by atoms with Crippen LogP contribution in [0.2, 0.25) is 0 Å². The number of aryl methyl sites for hydroxylation is 1. The predicted octanol–water partition coefficient (Wildman–Crippen LogP) is 4.76. The van der Waals surface area contributed by atoms with Crippen molar-refractivity contribution in [2.75, 3.05) is 6.54 Å². The van der Waals surface area contributed by atoms with Crippen LogP contribution in [0.25, 0.3) is 11.0 Å². The van der Waals surface area contributed by atoms with Crippen molar-refractivity contribution in [1.82, 2.24) is 20.6 Å². The van der Waals surface area contributed by atoms with Gasteiger partial charge >= 0.3 is 0 Å². The van der Waals surface area contributed by atoms with Crippen LogP contribution in [0.5, 0.6) is 0 Å². The van der Waals surface area contributed by atoms with Gasteiger partial charge in [-0.1, -0.05) is 24.3 Å². The van der Waals surface area contributed by atoms with Gasteiger partial charge < -0.3 is 15.6 Å². The molecule has 4 fully saturated rings. The van der Waals surface area contributed by atoms with Gasteiger partial charge in [0.1, 0.15) is 5.82 Å². The van der Waals surface area contributed by atoms with Crippen molar-refractivity contribution in [2.24, 2.45) is 23.2 Å². The van der Waals surface area contributed by atoms with Gasteiger partial charge in [-0.05, 0) is 92.5 Å². The van der Waals surface area contributed by atoms with Gasteiger partial charge in [-0.2, -0.15) is 0 Å². The molecule has 6 heteroatoms. The first-order chi connectivity index (χ1) is 17.1. The second-order valence-corrected chi connectivity index (χ2v) is 11.1. The first-order valence-electron chi connectivity index (χ1n) is 13.2. The number of benzene rings is 2. The molecule has 0 radical (unpaired) electrons. The number of hydrogen-bond acceptors (Lipinski definition) is 3. The second-order valence-electron chi connectivity index (χ2n) is 11.1. The molecule has 2 amide bonds. The lowest BCUT2D eigenvalue weighted by Crippen LogP contribution is -2.53. The summed E-state index contributed by atoms with van der Waals surface area (Å²) in [6.07, 6.45) is 8.89. The van der Waals surface area contributed by atoms with Crippen molar-refractivity contribution in [2.45, 2.75) is 57.9 Å². The number of hydrogen-bond donors (Lipinski definition) is 3. The summed E-state index contributed by atoms with van der Waals surface area (Å²) < 4.78 is 0.